The number of aromatic nitrogens is 4. The first kappa shape index (κ1) is 24.3. The second kappa shape index (κ2) is 11.0. The summed E-state index contributed by atoms with van der Waals surface area (Å²) in [7, 11) is 0. The topological polar surface area (TPSA) is 62.1 Å². The van der Waals surface area contributed by atoms with Gasteiger partial charge in [0.2, 0.25) is 0 Å². The zero-order chi connectivity index (χ0) is 24.7. The lowest BCUT2D eigenvalue weighted by atomic mass is 10.1. The minimum atomic E-state index is -4.71. The Morgan fingerprint density at radius 1 is 0.886 bits per heavy atom. The summed E-state index contributed by atoms with van der Waals surface area (Å²) in [6, 6.07) is 17.5. The SMILES string of the molecule is Cc1nc(-c2ccc(OC(F)(F)F)cc2)ccc1COc1ccc(CCCCn2ccnn2)cc1. The fourth-order valence-electron chi connectivity index (χ4n) is 3.60. The summed E-state index contributed by atoms with van der Waals surface area (Å²) in [6.45, 7) is 3.12. The van der Waals surface area contributed by atoms with Crippen LogP contribution in [0.3, 0.4) is 0 Å². The highest BCUT2D eigenvalue weighted by Gasteiger charge is 2.31. The van der Waals surface area contributed by atoms with Crippen LogP contribution in [-0.4, -0.2) is 26.3 Å². The van der Waals surface area contributed by atoms with E-state index in [1.807, 2.05) is 42.1 Å². The van der Waals surface area contributed by atoms with Crippen molar-refractivity contribution in [2.75, 3.05) is 0 Å². The van der Waals surface area contributed by atoms with Crippen molar-refractivity contribution in [3.05, 3.63) is 89.9 Å². The molecule has 0 unspecified atom stereocenters. The van der Waals surface area contributed by atoms with Crippen LogP contribution in [0.1, 0.15) is 29.7 Å². The van der Waals surface area contributed by atoms with Crippen molar-refractivity contribution in [1.29, 1.82) is 0 Å². The fraction of sp³-hybridized carbons (Fsp3) is 0.269. The number of unbranched alkanes of at least 4 members (excludes halogenated alkanes) is 1. The lowest BCUT2D eigenvalue weighted by molar-refractivity contribution is -0.274. The van der Waals surface area contributed by atoms with Crippen LogP contribution in [-0.2, 0) is 19.6 Å². The molecule has 0 saturated heterocycles. The highest BCUT2D eigenvalue weighted by Crippen LogP contribution is 2.26. The molecule has 0 radical (unpaired) electrons. The molecule has 0 aliphatic carbocycles. The summed E-state index contributed by atoms with van der Waals surface area (Å²) >= 11 is 0. The van der Waals surface area contributed by atoms with Crippen molar-refractivity contribution in [2.24, 2.45) is 0 Å². The smallest absolute Gasteiger partial charge is 0.489 e. The van der Waals surface area contributed by atoms with Gasteiger partial charge in [0.1, 0.15) is 18.1 Å². The highest BCUT2D eigenvalue weighted by molar-refractivity contribution is 5.60. The Kier molecular flexibility index (Phi) is 7.64. The summed E-state index contributed by atoms with van der Waals surface area (Å²) in [6.07, 6.45) is 1.93. The van der Waals surface area contributed by atoms with E-state index >= 15 is 0 Å². The van der Waals surface area contributed by atoms with Gasteiger partial charge in [-0.3, -0.25) is 9.67 Å². The number of aryl methyl sites for hydroxylation is 3. The summed E-state index contributed by atoms with van der Waals surface area (Å²) in [5.74, 6) is 0.515. The Bertz CT molecular complexity index is 1210. The molecule has 0 fully saturated rings. The number of pyridine rings is 1. The van der Waals surface area contributed by atoms with Gasteiger partial charge in [-0.15, -0.1) is 18.3 Å². The van der Waals surface area contributed by atoms with E-state index in [2.05, 4.69) is 32.2 Å². The van der Waals surface area contributed by atoms with E-state index in [1.165, 1.54) is 17.7 Å². The van der Waals surface area contributed by atoms with Crippen LogP contribution in [0.5, 0.6) is 11.5 Å². The Morgan fingerprint density at radius 2 is 1.63 bits per heavy atom. The third kappa shape index (κ3) is 7.30. The van der Waals surface area contributed by atoms with Crippen molar-refractivity contribution < 1.29 is 22.6 Å². The van der Waals surface area contributed by atoms with E-state index in [-0.39, 0.29) is 5.75 Å². The van der Waals surface area contributed by atoms with E-state index in [1.54, 1.807) is 18.3 Å². The normalized spacial score (nSPS) is 11.4. The first-order chi connectivity index (χ1) is 16.9. The van der Waals surface area contributed by atoms with Crippen molar-refractivity contribution >= 4 is 0 Å². The molecular formula is C26H25F3N4O2. The van der Waals surface area contributed by atoms with Crippen LogP contribution >= 0.6 is 0 Å². The molecule has 0 amide bonds. The molecule has 182 valence electrons. The molecule has 9 heteroatoms. The van der Waals surface area contributed by atoms with E-state index < -0.39 is 6.36 Å². The minimum absolute atomic E-state index is 0.263. The number of hydrogen-bond donors (Lipinski definition) is 0. The standard InChI is InChI=1S/C26H25F3N4O2/c1-19-22(9-14-25(31-19)21-7-12-24(13-8-21)35-26(27,28)29)18-34-23-10-5-20(6-11-23)4-2-3-16-33-17-15-30-32-33/h5-15,17H,2-4,16,18H2,1H3. The fourth-order valence-corrected chi connectivity index (χ4v) is 3.60. The second-order valence-electron chi connectivity index (χ2n) is 8.07. The number of alkyl halides is 3. The van der Waals surface area contributed by atoms with E-state index in [0.29, 0.717) is 17.9 Å². The molecule has 4 aromatic rings. The molecule has 0 atom stereocenters. The summed E-state index contributed by atoms with van der Waals surface area (Å²) in [4.78, 5) is 4.58. The molecule has 0 N–H and O–H groups in total. The van der Waals surface area contributed by atoms with Gasteiger partial charge in [-0.25, -0.2) is 0 Å². The number of halogens is 3. The van der Waals surface area contributed by atoms with Gasteiger partial charge in [0.15, 0.2) is 0 Å². The largest absolute Gasteiger partial charge is 0.573 e. The second-order valence-corrected chi connectivity index (χ2v) is 8.07. The minimum Gasteiger partial charge on any atom is -0.489 e. The monoisotopic (exact) mass is 482 g/mol. The Morgan fingerprint density at radius 3 is 2.29 bits per heavy atom. The van der Waals surface area contributed by atoms with Gasteiger partial charge in [0.05, 0.1) is 11.9 Å². The number of rotatable bonds is 10. The van der Waals surface area contributed by atoms with Crippen LogP contribution in [0.25, 0.3) is 11.3 Å². The van der Waals surface area contributed by atoms with E-state index in [4.69, 9.17) is 4.74 Å². The van der Waals surface area contributed by atoms with Gasteiger partial charge >= 0.3 is 6.36 Å². The highest BCUT2D eigenvalue weighted by atomic mass is 19.4. The predicted molar refractivity (Wildman–Crippen MR) is 125 cm³/mol. The van der Waals surface area contributed by atoms with Crippen LogP contribution in [0, 0.1) is 6.92 Å². The molecule has 6 nitrogen and oxygen atoms in total. The van der Waals surface area contributed by atoms with Gasteiger partial charge in [0.25, 0.3) is 0 Å². The molecule has 2 aromatic heterocycles. The summed E-state index contributed by atoms with van der Waals surface area (Å²) < 4.78 is 48.7. The van der Waals surface area contributed by atoms with Crippen molar-refractivity contribution in [2.45, 2.75) is 45.7 Å². The molecule has 2 aromatic carbocycles. The van der Waals surface area contributed by atoms with Crippen molar-refractivity contribution in [3.8, 4) is 22.8 Å². The van der Waals surface area contributed by atoms with Crippen molar-refractivity contribution in [3.63, 3.8) is 0 Å². The lowest BCUT2D eigenvalue weighted by Gasteiger charge is -2.11. The molecule has 0 aliphatic rings. The average Bonchev–Trinajstić information content (AvgIpc) is 3.35. The average molecular weight is 483 g/mol. The van der Waals surface area contributed by atoms with Gasteiger partial charge in [-0.2, -0.15) is 0 Å². The molecule has 0 bridgehead atoms. The third-order valence-corrected chi connectivity index (χ3v) is 5.47. The summed E-state index contributed by atoms with van der Waals surface area (Å²) in [5, 5.41) is 7.77. The van der Waals surface area contributed by atoms with Gasteiger partial charge in [0, 0.05) is 29.6 Å². The first-order valence-electron chi connectivity index (χ1n) is 11.2. The van der Waals surface area contributed by atoms with E-state index in [9.17, 15) is 13.2 Å². The van der Waals surface area contributed by atoms with Crippen LogP contribution in [0.15, 0.2) is 73.1 Å². The van der Waals surface area contributed by atoms with Gasteiger partial charge in [-0.05, 0) is 74.2 Å². The zero-order valence-corrected chi connectivity index (χ0v) is 19.2. The first-order valence-corrected chi connectivity index (χ1v) is 11.2. The van der Waals surface area contributed by atoms with Gasteiger partial charge < -0.3 is 9.47 Å². The Hall–Kier alpha value is -3.88. The maximum absolute atomic E-state index is 12.3. The lowest BCUT2D eigenvalue weighted by Crippen LogP contribution is -2.16. The van der Waals surface area contributed by atoms with E-state index in [0.717, 1.165) is 42.8 Å². The Balaban J connectivity index is 1.27. The third-order valence-electron chi connectivity index (χ3n) is 5.47. The zero-order valence-electron chi connectivity index (χ0n) is 19.2. The molecule has 35 heavy (non-hydrogen) atoms. The van der Waals surface area contributed by atoms with Crippen LogP contribution in [0.2, 0.25) is 0 Å². The maximum atomic E-state index is 12.3. The van der Waals surface area contributed by atoms with Crippen molar-refractivity contribution in [1.82, 2.24) is 20.0 Å². The molecule has 0 aliphatic heterocycles. The van der Waals surface area contributed by atoms with Gasteiger partial charge in [-0.1, -0.05) is 23.4 Å². The number of ether oxygens (including phenoxy) is 2. The van der Waals surface area contributed by atoms with Crippen LogP contribution in [0.4, 0.5) is 13.2 Å². The molecule has 2 heterocycles. The number of nitrogens with zero attached hydrogens (tertiary/aromatic N) is 4. The molecule has 4 rings (SSSR count). The van der Waals surface area contributed by atoms with Crippen LogP contribution < -0.4 is 9.47 Å². The predicted octanol–water partition coefficient (Wildman–Crippen LogP) is 6.15. The molecule has 0 spiro atoms. The molecular weight excluding hydrogens is 457 g/mol. The number of benzene rings is 2. The number of hydrogen-bond acceptors (Lipinski definition) is 5. The molecule has 0 saturated carbocycles. The quantitative estimate of drug-likeness (QED) is 0.254. The summed E-state index contributed by atoms with van der Waals surface area (Å²) in [5.41, 5.74) is 4.35. The maximum Gasteiger partial charge on any atom is 0.573 e. The Labute approximate surface area is 201 Å².